The van der Waals surface area contributed by atoms with Crippen LogP contribution in [0.3, 0.4) is 0 Å². The molecule has 2 aliphatic heterocycles. The van der Waals surface area contributed by atoms with Crippen LogP contribution < -0.4 is 0 Å². The van der Waals surface area contributed by atoms with E-state index >= 15 is 0 Å². The molecule has 1 amide bonds. The summed E-state index contributed by atoms with van der Waals surface area (Å²) in [6.07, 6.45) is 5.61. The van der Waals surface area contributed by atoms with E-state index in [1.807, 2.05) is 4.90 Å². The largest absolute Gasteiger partial charge is 0.339 e. The van der Waals surface area contributed by atoms with Gasteiger partial charge in [0.15, 0.2) is 0 Å². The molecule has 3 rings (SSSR count). The first-order valence-corrected chi connectivity index (χ1v) is 6.63. The van der Waals surface area contributed by atoms with E-state index in [4.69, 9.17) is 0 Å². The van der Waals surface area contributed by atoms with Gasteiger partial charge in [0.05, 0.1) is 0 Å². The average molecular weight is 246 g/mol. The maximum atomic E-state index is 11.5. The van der Waals surface area contributed by atoms with E-state index in [2.05, 4.69) is 21.3 Å². The average Bonchev–Trinajstić information content (AvgIpc) is 3.00. The summed E-state index contributed by atoms with van der Waals surface area (Å²) in [6, 6.07) is 0. The van der Waals surface area contributed by atoms with Crippen LogP contribution in [0.4, 0.5) is 0 Å². The maximum Gasteiger partial charge on any atom is 0.245 e. The summed E-state index contributed by atoms with van der Waals surface area (Å²) in [5.41, 5.74) is 0. The van der Waals surface area contributed by atoms with Gasteiger partial charge in [0.25, 0.3) is 0 Å². The van der Waals surface area contributed by atoms with E-state index in [0.29, 0.717) is 5.92 Å². The summed E-state index contributed by atoms with van der Waals surface area (Å²) < 4.78 is 2.27. The standard InChI is InChI=1S/C13H18N4O/c1-2-12(18)16-8-5-10(6-9-16)13-15-14-11-4-3-7-17(11)13/h2,10H,1,3-9H2. The lowest BCUT2D eigenvalue weighted by atomic mass is 9.96. The molecule has 1 fully saturated rings. The molecule has 18 heavy (non-hydrogen) atoms. The highest BCUT2D eigenvalue weighted by Crippen LogP contribution is 2.29. The molecule has 0 saturated carbocycles. The molecule has 0 atom stereocenters. The molecule has 5 nitrogen and oxygen atoms in total. The lowest BCUT2D eigenvalue weighted by molar-refractivity contribution is -0.127. The topological polar surface area (TPSA) is 51.0 Å². The van der Waals surface area contributed by atoms with Gasteiger partial charge in [0.2, 0.25) is 5.91 Å². The van der Waals surface area contributed by atoms with E-state index in [-0.39, 0.29) is 5.91 Å². The number of carbonyl (C=O) groups is 1. The molecule has 96 valence electrons. The van der Waals surface area contributed by atoms with Crippen LogP contribution in [-0.4, -0.2) is 38.7 Å². The monoisotopic (exact) mass is 246 g/mol. The van der Waals surface area contributed by atoms with Crippen LogP contribution in [0.25, 0.3) is 0 Å². The summed E-state index contributed by atoms with van der Waals surface area (Å²) in [6.45, 7) is 6.20. The molecule has 0 spiro atoms. The molecule has 0 radical (unpaired) electrons. The van der Waals surface area contributed by atoms with Crippen LogP contribution in [0, 0.1) is 0 Å². The Hall–Kier alpha value is -1.65. The van der Waals surface area contributed by atoms with Gasteiger partial charge in [-0.15, -0.1) is 10.2 Å². The fraction of sp³-hybridized carbons (Fsp3) is 0.615. The lowest BCUT2D eigenvalue weighted by Gasteiger charge is -2.30. The van der Waals surface area contributed by atoms with Crippen molar-refractivity contribution < 1.29 is 4.79 Å². The minimum atomic E-state index is 0.0416. The number of hydrogen-bond acceptors (Lipinski definition) is 3. The van der Waals surface area contributed by atoms with E-state index in [0.717, 1.165) is 50.5 Å². The Morgan fingerprint density at radius 2 is 2.06 bits per heavy atom. The van der Waals surface area contributed by atoms with Crippen molar-refractivity contribution >= 4 is 5.91 Å². The van der Waals surface area contributed by atoms with Crippen LogP contribution >= 0.6 is 0 Å². The Labute approximate surface area is 106 Å². The first kappa shape index (κ1) is 11.4. The van der Waals surface area contributed by atoms with E-state index in [9.17, 15) is 4.79 Å². The number of amides is 1. The molecule has 1 aromatic heterocycles. The predicted molar refractivity (Wildman–Crippen MR) is 67.1 cm³/mol. The quantitative estimate of drug-likeness (QED) is 0.735. The molecule has 3 heterocycles. The van der Waals surface area contributed by atoms with Gasteiger partial charge in [-0.1, -0.05) is 6.58 Å². The first-order chi connectivity index (χ1) is 8.79. The normalized spacial score (nSPS) is 19.9. The first-order valence-electron chi connectivity index (χ1n) is 6.63. The second-order valence-corrected chi connectivity index (χ2v) is 5.03. The molecule has 5 heteroatoms. The zero-order valence-electron chi connectivity index (χ0n) is 10.5. The number of aromatic nitrogens is 3. The minimum absolute atomic E-state index is 0.0416. The molecule has 0 unspecified atom stereocenters. The number of fused-ring (bicyclic) bond motifs is 1. The van der Waals surface area contributed by atoms with Gasteiger partial charge in [-0.05, 0) is 25.3 Å². The summed E-state index contributed by atoms with van der Waals surface area (Å²) in [7, 11) is 0. The Morgan fingerprint density at radius 3 is 2.78 bits per heavy atom. The summed E-state index contributed by atoms with van der Waals surface area (Å²) in [5.74, 6) is 2.76. The third-order valence-electron chi connectivity index (χ3n) is 3.98. The molecular formula is C13H18N4O. The van der Waals surface area contributed by atoms with Crippen molar-refractivity contribution in [2.45, 2.75) is 38.1 Å². The third-order valence-corrected chi connectivity index (χ3v) is 3.98. The Kier molecular flexibility index (Phi) is 2.89. The molecule has 0 aliphatic carbocycles. The molecule has 0 N–H and O–H groups in total. The van der Waals surface area contributed by atoms with E-state index in [1.54, 1.807) is 0 Å². The van der Waals surface area contributed by atoms with Crippen LogP contribution in [0.1, 0.15) is 36.8 Å². The van der Waals surface area contributed by atoms with Crippen molar-refractivity contribution in [2.75, 3.05) is 13.1 Å². The molecule has 1 aromatic rings. The number of carbonyl (C=O) groups excluding carboxylic acids is 1. The highest BCUT2D eigenvalue weighted by atomic mass is 16.2. The van der Waals surface area contributed by atoms with Crippen LogP contribution in [-0.2, 0) is 17.8 Å². The molecule has 1 saturated heterocycles. The highest BCUT2D eigenvalue weighted by Gasteiger charge is 2.28. The van der Waals surface area contributed by atoms with Gasteiger partial charge in [-0.25, -0.2) is 0 Å². The van der Waals surface area contributed by atoms with Gasteiger partial charge in [0.1, 0.15) is 11.6 Å². The summed E-state index contributed by atoms with van der Waals surface area (Å²) in [5, 5.41) is 8.60. The Bertz CT molecular complexity index is 471. The summed E-state index contributed by atoms with van der Waals surface area (Å²) >= 11 is 0. The van der Waals surface area contributed by atoms with Crippen molar-refractivity contribution in [2.24, 2.45) is 0 Å². The third kappa shape index (κ3) is 1.83. The number of nitrogens with zero attached hydrogens (tertiary/aromatic N) is 4. The van der Waals surface area contributed by atoms with Crippen molar-refractivity contribution in [1.82, 2.24) is 19.7 Å². The second kappa shape index (κ2) is 4.55. The van der Waals surface area contributed by atoms with E-state index < -0.39 is 0 Å². The second-order valence-electron chi connectivity index (χ2n) is 5.03. The van der Waals surface area contributed by atoms with Crippen LogP contribution in [0.15, 0.2) is 12.7 Å². The Morgan fingerprint density at radius 1 is 1.28 bits per heavy atom. The van der Waals surface area contributed by atoms with Gasteiger partial charge in [-0.3, -0.25) is 4.79 Å². The number of piperidine rings is 1. The number of rotatable bonds is 2. The van der Waals surface area contributed by atoms with Crippen molar-refractivity contribution in [3.8, 4) is 0 Å². The summed E-state index contributed by atoms with van der Waals surface area (Å²) in [4.78, 5) is 13.4. The van der Waals surface area contributed by atoms with Gasteiger partial charge in [0, 0.05) is 32.0 Å². The van der Waals surface area contributed by atoms with Crippen molar-refractivity contribution in [1.29, 1.82) is 0 Å². The van der Waals surface area contributed by atoms with Crippen LogP contribution in [0.2, 0.25) is 0 Å². The lowest BCUT2D eigenvalue weighted by Crippen LogP contribution is -2.37. The van der Waals surface area contributed by atoms with Gasteiger partial charge >= 0.3 is 0 Å². The molecule has 0 aromatic carbocycles. The molecular weight excluding hydrogens is 228 g/mol. The predicted octanol–water partition coefficient (Wildman–Crippen LogP) is 1.12. The van der Waals surface area contributed by atoms with Gasteiger partial charge < -0.3 is 9.47 Å². The number of likely N-dealkylation sites (tertiary alicyclic amines) is 1. The maximum absolute atomic E-state index is 11.5. The fourth-order valence-electron chi connectivity index (χ4n) is 2.96. The number of hydrogen-bond donors (Lipinski definition) is 0. The SMILES string of the molecule is C=CC(=O)N1CCC(c2nnc3n2CCC3)CC1. The highest BCUT2D eigenvalue weighted by molar-refractivity contribution is 5.87. The Balaban J connectivity index is 1.69. The van der Waals surface area contributed by atoms with Crippen LogP contribution in [0.5, 0.6) is 0 Å². The number of aryl methyl sites for hydroxylation is 1. The zero-order valence-corrected chi connectivity index (χ0v) is 10.5. The zero-order chi connectivity index (χ0) is 12.5. The van der Waals surface area contributed by atoms with Crippen molar-refractivity contribution in [3.63, 3.8) is 0 Å². The molecule has 0 bridgehead atoms. The smallest absolute Gasteiger partial charge is 0.245 e. The van der Waals surface area contributed by atoms with Crippen molar-refractivity contribution in [3.05, 3.63) is 24.3 Å². The minimum Gasteiger partial charge on any atom is -0.339 e. The van der Waals surface area contributed by atoms with E-state index in [1.165, 1.54) is 12.5 Å². The molecule has 2 aliphatic rings. The van der Waals surface area contributed by atoms with Gasteiger partial charge in [-0.2, -0.15) is 0 Å². The fourth-order valence-corrected chi connectivity index (χ4v) is 2.96.